The number of fused-ring (bicyclic) bond motifs is 1. The van der Waals surface area contributed by atoms with Crippen LogP contribution in [-0.2, 0) is 11.2 Å². The van der Waals surface area contributed by atoms with Gasteiger partial charge in [0.2, 0.25) is 11.1 Å². The molecule has 0 aliphatic carbocycles. The van der Waals surface area contributed by atoms with Gasteiger partial charge >= 0.3 is 0 Å². The van der Waals surface area contributed by atoms with Crippen molar-refractivity contribution in [3.05, 3.63) is 96.3 Å². The number of nitrogens with zero attached hydrogens (tertiary/aromatic N) is 5. The molecule has 9 heteroatoms. The average molecular weight is 455 g/mol. The van der Waals surface area contributed by atoms with Gasteiger partial charge in [-0.15, -0.1) is 5.10 Å². The van der Waals surface area contributed by atoms with E-state index in [1.807, 2.05) is 72.8 Å². The summed E-state index contributed by atoms with van der Waals surface area (Å²) in [5, 5.41) is 19.2. The van der Waals surface area contributed by atoms with Crippen LogP contribution in [0.3, 0.4) is 0 Å². The normalized spacial score (nSPS) is 11.3. The number of aromatic nitrogens is 4. The van der Waals surface area contributed by atoms with Crippen molar-refractivity contribution >= 4 is 34.7 Å². The number of rotatable bonds is 7. The van der Waals surface area contributed by atoms with Crippen molar-refractivity contribution < 1.29 is 9.21 Å². The van der Waals surface area contributed by atoms with Crippen molar-refractivity contribution in [2.75, 3.05) is 0 Å². The molecular weight excluding hydrogens is 436 g/mol. The summed E-state index contributed by atoms with van der Waals surface area (Å²) in [6, 6.07) is 27.1. The van der Waals surface area contributed by atoms with Crippen molar-refractivity contribution in [3.63, 3.8) is 0 Å². The third-order valence-electron chi connectivity index (χ3n) is 4.85. The number of hydrogen-bond donors (Lipinski definition) is 1. The molecule has 0 radical (unpaired) electrons. The lowest BCUT2D eigenvalue weighted by atomic mass is 10.0. The first kappa shape index (κ1) is 20.7. The average Bonchev–Trinajstić information content (AvgIpc) is 3.50. The second-order valence-electron chi connectivity index (χ2n) is 7.08. The summed E-state index contributed by atoms with van der Waals surface area (Å²) in [6.45, 7) is 0. The van der Waals surface area contributed by atoms with E-state index in [1.54, 1.807) is 16.8 Å². The zero-order chi connectivity index (χ0) is 22.5. The van der Waals surface area contributed by atoms with Crippen molar-refractivity contribution in [2.45, 2.75) is 16.7 Å². The molecule has 0 unspecified atom stereocenters. The van der Waals surface area contributed by atoms with E-state index in [2.05, 4.69) is 26.1 Å². The highest BCUT2D eigenvalue weighted by atomic mass is 32.2. The van der Waals surface area contributed by atoms with Gasteiger partial charge < -0.3 is 4.42 Å². The summed E-state index contributed by atoms with van der Waals surface area (Å²) in [7, 11) is 0. The molecule has 3 aromatic carbocycles. The Balaban J connectivity index is 1.20. The molecule has 162 valence electrons. The molecule has 0 aliphatic heterocycles. The van der Waals surface area contributed by atoms with E-state index in [9.17, 15) is 4.79 Å². The van der Waals surface area contributed by atoms with Gasteiger partial charge in [0.15, 0.2) is 5.09 Å². The third-order valence-corrected chi connectivity index (χ3v) is 5.71. The lowest BCUT2D eigenvalue weighted by Crippen LogP contribution is -2.19. The summed E-state index contributed by atoms with van der Waals surface area (Å²) in [6.07, 6.45) is 1.70. The van der Waals surface area contributed by atoms with E-state index in [1.165, 1.54) is 18.0 Å². The zero-order valence-electron chi connectivity index (χ0n) is 17.3. The minimum Gasteiger partial charge on any atom is -0.448 e. The van der Waals surface area contributed by atoms with Gasteiger partial charge in [-0.25, -0.2) is 5.43 Å². The van der Waals surface area contributed by atoms with E-state index in [-0.39, 0.29) is 12.3 Å². The van der Waals surface area contributed by atoms with Crippen molar-refractivity contribution in [1.82, 2.24) is 25.6 Å². The van der Waals surface area contributed by atoms with E-state index < -0.39 is 0 Å². The number of tetrazole rings is 1. The summed E-state index contributed by atoms with van der Waals surface area (Å²) >= 11 is 1.29. The van der Waals surface area contributed by atoms with Crippen LogP contribution < -0.4 is 5.43 Å². The molecule has 5 rings (SSSR count). The summed E-state index contributed by atoms with van der Waals surface area (Å²) in [5.41, 5.74) is 4.36. The number of amides is 1. The molecule has 0 saturated heterocycles. The van der Waals surface area contributed by atoms with Crippen molar-refractivity contribution in [3.8, 4) is 5.69 Å². The largest absolute Gasteiger partial charge is 0.448 e. The highest BCUT2D eigenvalue weighted by Crippen LogP contribution is 2.28. The topological polar surface area (TPSA) is 98.2 Å². The summed E-state index contributed by atoms with van der Waals surface area (Å²) in [4.78, 5) is 12.4. The van der Waals surface area contributed by atoms with Crippen LogP contribution in [-0.4, -0.2) is 32.3 Å². The molecule has 33 heavy (non-hydrogen) atoms. The minimum atomic E-state index is -0.203. The number of hydrazone groups is 1. The van der Waals surface area contributed by atoms with Gasteiger partial charge in [0, 0.05) is 0 Å². The molecule has 0 atom stereocenters. The molecule has 5 aromatic rings. The molecular formula is C24H18N6O2S. The molecule has 8 nitrogen and oxygen atoms in total. The number of furan rings is 1. The Bertz CT molecular complexity index is 1420. The van der Waals surface area contributed by atoms with Crippen LogP contribution >= 0.6 is 11.8 Å². The maximum Gasteiger partial charge on any atom is 0.244 e. The van der Waals surface area contributed by atoms with Gasteiger partial charge in [0.25, 0.3) is 0 Å². The van der Waals surface area contributed by atoms with Gasteiger partial charge in [-0.05, 0) is 62.8 Å². The van der Waals surface area contributed by atoms with Crippen LogP contribution in [0.2, 0.25) is 0 Å². The minimum absolute atomic E-state index is 0.203. The molecule has 0 spiro atoms. The molecule has 0 saturated carbocycles. The number of para-hydroxylation sites is 1. The van der Waals surface area contributed by atoms with Crippen LogP contribution in [0.1, 0.15) is 11.3 Å². The van der Waals surface area contributed by atoms with Crippen LogP contribution in [0, 0.1) is 0 Å². The Morgan fingerprint density at radius 3 is 2.73 bits per heavy atom. The molecule has 0 fully saturated rings. The molecule has 2 aromatic heterocycles. The van der Waals surface area contributed by atoms with Crippen LogP contribution in [0.15, 0.2) is 105 Å². The summed E-state index contributed by atoms with van der Waals surface area (Å²) in [5.74, 6) is 0.299. The standard InChI is InChI=1S/C24H18N6O2S/c31-22(15-18-9-6-8-17-7-4-5-12-21(17)18)26-25-16-20-13-14-23(32-20)33-24-27-28-29-30(24)19-10-2-1-3-11-19/h1-14,16H,15H2,(H,26,31). The van der Waals surface area contributed by atoms with Gasteiger partial charge in [0.1, 0.15) is 5.76 Å². The second-order valence-corrected chi connectivity index (χ2v) is 8.05. The fourth-order valence-electron chi connectivity index (χ4n) is 3.35. The molecule has 1 N–H and O–H groups in total. The van der Waals surface area contributed by atoms with Crippen LogP contribution in [0.25, 0.3) is 16.5 Å². The second kappa shape index (κ2) is 9.49. The predicted octanol–water partition coefficient (Wildman–Crippen LogP) is 4.25. The van der Waals surface area contributed by atoms with Gasteiger partial charge in [0.05, 0.1) is 18.3 Å². The van der Waals surface area contributed by atoms with Crippen LogP contribution in [0.5, 0.6) is 0 Å². The Hall–Kier alpha value is -4.24. The lowest BCUT2D eigenvalue weighted by molar-refractivity contribution is -0.120. The Morgan fingerprint density at radius 1 is 1.00 bits per heavy atom. The van der Waals surface area contributed by atoms with Crippen molar-refractivity contribution in [2.24, 2.45) is 5.10 Å². The molecule has 2 heterocycles. The first-order chi connectivity index (χ1) is 16.3. The molecule has 0 aliphatic rings. The maximum atomic E-state index is 12.4. The van der Waals surface area contributed by atoms with Gasteiger partial charge in [-0.1, -0.05) is 60.7 Å². The number of nitrogens with one attached hydrogen (secondary N) is 1. The van der Waals surface area contributed by atoms with E-state index in [4.69, 9.17) is 4.42 Å². The third kappa shape index (κ3) is 4.83. The lowest BCUT2D eigenvalue weighted by Gasteiger charge is -2.05. The number of carbonyl (C=O) groups is 1. The summed E-state index contributed by atoms with van der Waals surface area (Å²) < 4.78 is 7.39. The van der Waals surface area contributed by atoms with E-state index >= 15 is 0 Å². The van der Waals surface area contributed by atoms with Gasteiger partial charge in [-0.2, -0.15) is 9.78 Å². The fourth-order valence-corrected chi connectivity index (χ4v) is 4.11. The molecule has 0 bridgehead atoms. The molecule has 1 amide bonds. The van der Waals surface area contributed by atoms with Gasteiger partial charge in [-0.3, -0.25) is 4.79 Å². The highest BCUT2D eigenvalue weighted by Gasteiger charge is 2.12. The monoisotopic (exact) mass is 454 g/mol. The Labute approximate surface area is 193 Å². The Kier molecular flexibility index (Phi) is 5.94. The number of carbonyl (C=O) groups excluding carboxylic acids is 1. The van der Waals surface area contributed by atoms with E-state index in [0.29, 0.717) is 16.0 Å². The van der Waals surface area contributed by atoms with Crippen LogP contribution in [0.4, 0.5) is 0 Å². The van der Waals surface area contributed by atoms with E-state index in [0.717, 1.165) is 22.0 Å². The van der Waals surface area contributed by atoms with Crippen molar-refractivity contribution in [1.29, 1.82) is 0 Å². The smallest absolute Gasteiger partial charge is 0.244 e. The predicted molar refractivity (Wildman–Crippen MR) is 125 cm³/mol. The first-order valence-corrected chi connectivity index (χ1v) is 11.0. The number of benzene rings is 3. The zero-order valence-corrected chi connectivity index (χ0v) is 18.1. The quantitative estimate of drug-likeness (QED) is 0.292. The number of hydrogen-bond acceptors (Lipinski definition) is 7. The maximum absolute atomic E-state index is 12.4. The Morgan fingerprint density at radius 2 is 1.82 bits per heavy atom. The first-order valence-electron chi connectivity index (χ1n) is 10.2. The SMILES string of the molecule is O=C(Cc1cccc2ccccc12)NN=Cc1ccc(Sc2nnnn2-c2ccccc2)o1. The fraction of sp³-hybridized carbons (Fsp3) is 0.0417. The highest BCUT2D eigenvalue weighted by molar-refractivity contribution is 7.99.